The Morgan fingerprint density at radius 2 is 1.08 bits per heavy atom. The molecule has 25 heavy (non-hydrogen) atoms. The van der Waals surface area contributed by atoms with E-state index in [9.17, 15) is 4.79 Å². The van der Waals surface area contributed by atoms with E-state index in [1.54, 1.807) is 0 Å². The Labute approximate surface area is 148 Å². The van der Waals surface area contributed by atoms with Gasteiger partial charge in [-0.1, -0.05) is 54.6 Å². The molecular weight excluding hydrogens is 329 g/mol. The number of nitrogens with one attached hydrogen (secondary N) is 1. The standard InChI is InChI=1S/C21H20NO2P/c23-21(24)22-16-17-25(18-10-4-1-5-11-18,19-12-6-2-7-13-19)20-14-8-3-9-15-20/h1-15,22H,16-17H2/p+1. The van der Waals surface area contributed by atoms with Gasteiger partial charge < -0.3 is 10.4 Å². The topological polar surface area (TPSA) is 49.3 Å². The second-order valence-electron chi connectivity index (χ2n) is 5.77. The second kappa shape index (κ2) is 7.96. The molecule has 0 unspecified atom stereocenters. The van der Waals surface area contributed by atoms with E-state index >= 15 is 0 Å². The molecule has 0 radical (unpaired) electrons. The van der Waals surface area contributed by atoms with Gasteiger partial charge in [-0.2, -0.15) is 0 Å². The maximum absolute atomic E-state index is 11.0. The highest BCUT2D eigenvalue weighted by atomic mass is 31.2. The minimum absolute atomic E-state index is 0.418. The third-order valence-electron chi connectivity index (χ3n) is 4.31. The number of hydrogen-bond donors (Lipinski definition) is 2. The van der Waals surface area contributed by atoms with Crippen LogP contribution in [0.3, 0.4) is 0 Å². The van der Waals surface area contributed by atoms with Crippen LogP contribution in [-0.4, -0.2) is 23.9 Å². The average Bonchev–Trinajstić information content (AvgIpc) is 2.67. The highest BCUT2D eigenvalue weighted by molar-refractivity contribution is 7.95. The summed E-state index contributed by atoms with van der Waals surface area (Å²) in [6.45, 7) is 0.418. The van der Waals surface area contributed by atoms with Gasteiger partial charge in [-0.3, -0.25) is 0 Å². The third kappa shape index (κ3) is 3.72. The van der Waals surface area contributed by atoms with Gasteiger partial charge in [-0.15, -0.1) is 0 Å². The van der Waals surface area contributed by atoms with Crippen molar-refractivity contribution in [1.29, 1.82) is 0 Å². The summed E-state index contributed by atoms with van der Waals surface area (Å²) in [4.78, 5) is 11.0. The molecular formula is C21H21NO2P+. The van der Waals surface area contributed by atoms with E-state index in [0.717, 1.165) is 6.16 Å². The van der Waals surface area contributed by atoms with Crippen molar-refractivity contribution in [1.82, 2.24) is 5.32 Å². The molecule has 3 rings (SSSR count). The number of hydrogen-bond acceptors (Lipinski definition) is 1. The van der Waals surface area contributed by atoms with Gasteiger partial charge in [0.1, 0.15) is 23.2 Å². The zero-order valence-corrected chi connectivity index (χ0v) is 14.8. The minimum atomic E-state index is -1.94. The van der Waals surface area contributed by atoms with Crippen LogP contribution in [0.5, 0.6) is 0 Å². The minimum Gasteiger partial charge on any atom is -0.465 e. The Balaban J connectivity index is 2.18. The second-order valence-corrected chi connectivity index (χ2v) is 9.39. The lowest BCUT2D eigenvalue weighted by atomic mass is 10.4. The first-order valence-electron chi connectivity index (χ1n) is 8.25. The largest absolute Gasteiger partial charge is 0.465 e. The molecule has 0 bridgehead atoms. The molecule has 3 aromatic rings. The Morgan fingerprint density at radius 1 is 0.720 bits per heavy atom. The first-order chi connectivity index (χ1) is 12.2. The van der Waals surface area contributed by atoms with Crippen molar-refractivity contribution in [2.24, 2.45) is 0 Å². The summed E-state index contributed by atoms with van der Waals surface area (Å²) in [5.41, 5.74) is 0. The molecule has 4 heteroatoms. The molecule has 0 saturated carbocycles. The van der Waals surface area contributed by atoms with Crippen LogP contribution in [0.25, 0.3) is 0 Å². The number of carbonyl (C=O) groups is 1. The van der Waals surface area contributed by atoms with Crippen LogP contribution in [0, 0.1) is 0 Å². The van der Waals surface area contributed by atoms with Gasteiger partial charge in [0, 0.05) is 0 Å². The van der Waals surface area contributed by atoms with Gasteiger partial charge in [-0.05, 0) is 36.4 Å². The number of rotatable bonds is 6. The fourth-order valence-electron chi connectivity index (χ4n) is 3.21. The van der Waals surface area contributed by atoms with Crippen LogP contribution in [0.2, 0.25) is 0 Å². The van der Waals surface area contributed by atoms with E-state index < -0.39 is 13.4 Å². The fourth-order valence-corrected chi connectivity index (χ4v) is 7.37. The van der Waals surface area contributed by atoms with Crippen molar-refractivity contribution in [3.8, 4) is 0 Å². The summed E-state index contributed by atoms with van der Waals surface area (Å²) in [6, 6.07) is 31.4. The SMILES string of the molecule is O=C(O)NCC[P+](c1ccccc1)(c1ccccc1)c1ccccc1. The zero-order valence-electron chi connectivity index (χ0n) is 13.9. The van der Waals surface area contributed by atoms with E-state index in [1.807, 2.05) is 18.2 Å². The van der Waals surface area contributed by atoms with Gasteiger partial charge in [0.15, 0.2) is 0 Å². The Hall–Kier alpha value is -2.64. The molecule has 2 N–H and O–H groups in total. The van der Waals surface area contributed by atoms with Crippen molar-refractivity contribution in [2.45, 2.75) is 0 Å². The molecule has 0 fully saturated rings. The van der Waals surface area contributed by atoms with Crippen LogP contribution in [0.4, 0.5) is 4.79 Å². The van der Waals surface area contributed by atoms with Gasteiger partial charge in [0.05, 0.1) is 12.7 Å². The summed E-state index contributed by atoms with van der Waals surface area (Å²) in [5, 5.41) is 15.4. The monoisotopic (exact) mass is 350 g/mol. The summed E-state index contributed by atoms with van der Waals surface area (Å²) in [5.74, 6) is 0. The van der Waals surface area contributed by atoms with Gasteiger partial charge >= 0.3 is 6.09 Å². The summed E-state index contributed by atoms with van der Waals surface area (Å²) in [7, 11) is -1.94. The molecule has 0 aliphatic rings. The van der Waals surface area contributed by atoms with Crippen LogP contribution >= 0.6 is 7.26 Å². The summed E-state index contributed by atoms with van der Waals surface area (Å²) >= 11 is 0. The molecule has 126 valence electrons. The predicted octanol–water partition coefficient (Wildman–Crippen LogP) is 3.25. The first-order valence-corrected chi connectivity index (χ1v) is 10.2. The normalized spacial score (nSPS) is 11.0. The maximum Gasteiger partial charge on any atom is 0.404 e. The molecule has 0 saturated heterocycles. The van der Waals surface area contributed by atoms with Crippen LogP contribution < -0.4 is 21.2 Å². The van der Waals surface area contributed by atoms with E-state index in [1.165, 1.54) is 15.9 Å². The average molecular weight is 350 g/mol. The van der Waals surface area contributed by atoms with Gasteiger partial charge in [-0.25, -0.2) is 4.79 Å². The highest BCUT2D eigenvalue weighted by Crippen LogP contribution is 2.54. The quantitative estimate of drug-likeness (QED) is 0.671. The van der Waals surface area contributed by atoms with Crippen LogP contribution in [0.1, 0.15) is 0 Å². The Bertz CT molecular complexity index is 710. The smallest absolute Gasteiger partial charge is 0.404 e. The molecule has 0 heterocycles. The van der Waals surface area contributed by atoms with E-state index in [4.69, 9.17) is 5.11 Å². The molecule has 3 nitrogen and oxygen atoms in total. The van der Waals surface area contributed by atoms with E-state index in [-0.39, 0.29) is 0 Å². The zero-order chi connectivity index (χ0) is 17.5. The number of carboxylic acid groups (broad SMARTS) is 1. The first kappa shape index (κ1) is 17.2. The van der Waals surface area contributed by atoms with Crippen molar-refractivity contribution in [2.75, 3.05) is 12.7 Å². The lowest BCUT2D eigenvalue weighted by Gasteiger charge is -2.27. The highest BCUT2D eigenvalue weighted by Gasteiger charge is 2.44. The molecule has 0 aromatic heterocycles. The molecule has 0 aliphatic carbocycles. The molecule has 0 atom stereocenters. The van der Waals surface area contributed by atoms with Crippen molar-refractivity contribution in [3.05, 3.63) is 91.0 Å². The molecule has 3 aromatic carbocycles. The molecule has 1 amide bonds. The summed E-state index contributed by atoms with van der Waals surface area (Å²) < 4.78 is 0. The van der Waals surface area contributed by atoms with Crippen molar-refractivity contribution >= 4 is 29.3 Å². The summed E-state index contributed by atoms with van der Waals surface area (Å²) in [6.07, 6.45) is -0.232. The van der Waals surface area contributed by atoms with Gasteiger partial charge in [0.2, 0.25) is 0 Å². The predicted molar refractivity (Wildman–Crippen MR) is 106 cm³/mol. The van der Waals surface area contributed by atoms with Crippen molar-refractivity contribution in [3.63, 3.8) is 0 Å². The van der Waals surface area contributed by atoms with Crippen LogP contribution in [0.15, 0.2) is 91.0 Å². The van der Waals surface area contributed by atoms with E-state index in [2.05, 4.69) is 78.1 Å². The van der Waals surface area contributed by atoms with E-state index in [0.29, 0.717) is 6.54 Å². The van der Waals surface area contributed by atoms with Crippen molar-refractivity contribution < 1.29 is 9.90 Å². The van der Waals surface area contributed by atoms with Gasteiger partial charge in [0.25, 0.3) is 0 Å². The number of amides is 1. The maximum atomic E-state index is 11.0. The third-order valence-corrected chi connectivity index (χ3v) is 8.75. The fraction of sp³-hybridized carbons (Fsp3) is 0.0952. The lowest BCUT2D eigenvalue weighted by molar-refractivity contribution is 0.195. The lowest BCUT2D eigenvalue weighted by Crippen LogP contribution is -2.37. The Kier molecular flexibility index (Phi) is 5.47. The number of benzene rings is 3. The van der Waals surface area contributed by atoms with Crippen LogP contribution in [-0.2, 0) is 0 Å². The molecule has 0 aliphatic heterocycles. The molecule has 0 spiro atoms. The Morgan fingerprint density at radius 3 is 1.40 bits per heavy atom.